The largest absolute Gasteiger partial charge is 0.374 e. The summed E-state index contributed by atoms with van der Waals surface area (Å²) in [6, 6.07) is 0.177. The summed E-state index contributed by atoms with van der Waals surface area (Å²) in [6.07, 6.45) is -0.735. The van der Waals surface area contributed by atoms with Gasteiger partial charge >= 0.3 is 5.69 Å². The number of aromatic nitrogens is 2. The minimum absolute atomic E-state index is 0.00683. The Morgan fingerprint density at radius 3 is 2.56 bits per heavy atom. The number of amides is 1. The van der Waals surface area contributed by atoms with Crippen molar-refractivity contribution in [1.82, 2.24) is 19.5 Å². The number of ether oxygens (including phenoxy) is 2. The summed E-state index contributed by atoms with van der Waals surface area (Å²) in [5, 5.41) is 2.55. The van der Waals surface area contributed by atoms with Crippen LogP contribution >= 0.6 is 20.3 Å². The van der Waals surface area contributed by atoms with Crippen LogP contribution < -0.4 is 16.6 Å². The fourth-order valence-corrected chi connectivity index (χ4v) is 6.79. The molecule has 1 amide bonds. The van der Waals surface area contributed by atoms with Gasteiger partial charge in [-0.2, -0.15) is 0 Å². The Balaban J connectivity index is 2.30. The van der Waals surface area contributed by atoms with Gasteiger partial charge < -0.3 is 28.7 Å². The molecule has 0 spiro atoms. The van der Waals surface area contributed by atoms with E-state index in [2.05, 4.69) is 31.7 Å². The smallest absolute Gasteiger partial charge is 0.330 e. The zero-order valence-electron chi connectivity index (χ0n) is 25.7. The third kappa shape index (κ3) is 10.8. The van der Waals surface area contributed by atoms with Crippen LogP contribution in [0, 0.1) is 18.4 Å². The topological polar surface area (TPSA) is 146 Å². The van der Waals surface area contributed by atoms with Crippen molar-refractivity contribution in [3.8, 4) is 11.8 Å². The molecule has 43 heavy (non-hydrogen) atoms. The Bertz CT molecular complexity index is 1290. The Kier molecular flexibility index (Phi) is 15.6. The second-order valence-electron chi connectivity index (χ2n) is 10.1. The monoisotopic (exact) mass is 639 g/mol. The molecule has 0 bridgehead atoms. The molecular formula is C28H42N5O8PS. The Labute approximate surface area is 258 Å². The first-order valence-corrected chi connectivity index (χ1v) is 16.2. The Morgan fingerprint density at radius 2 is 1.98 bits per heavy atom. The zero-order chi connectivity index (χ0) is 32.1. The summed E-state index contributed by atoms with van der Waals surface area (Å²) in [5.41, 5.74) is -1.37. The summed E-state index contributed by atoms with van der Waals surface area (Å²) in [4.78, 5) is 54.0. The van der Waals surface area contributed by atoms with Crippen LogP contribution in [-0.2, 0) is 28.1 Å². The molecule has 1 aromatic rings. The van der Waals surface area contributed by atoms with Gasteiger partial charge in [-0.15, -0.1) is 0 Å². The van der Waals surface area contributed by atoms with Gasteiger partial charge in [-0.1, -0.05) is 30.5 Å². The van der Waals surface area contributed by atoms with Gasteiger partial charge in [0.05, 0.1) is 12.6 Å². The van der Waals surface area contributed by atoms with Gasteiger partial charge in [0.15, 0.2) is 11.3 Å². The number of rotatable bonds is 15. The first kappa shape index (κ1) is 36.6. The van der Waals surface area contributed by atoms with Crippen molar-refractivity contribution in [1.29, 1.82) is 0 Å². The quantitative estimate of drug-likeness (QED) is 0.127. The molecule has 1 aliphatic heterocycles. The van der Waals surface area contributed by atoms with Gasteiger partial charge in [0, 0.05) is 44.5 Å². The molecule has 1 saturated heterocycles. The summed E-state index contributed by atoms with van der Waals surface area (Å²) >= 11 is 1.06. The average Bonchev–Trinajstić information content (AvgIpc) is 3.28. The molecule has 1 aliphatic rings. The van der Waals surface area contributed by atoms with E-state index in [1.807, 2.05) is 34.6 Å². The van der Waals surface area contributed by atoms with E-state index < -0.39 is 44.3 Å². The minimum Gasteiger partial charge on any atom is -0.374 e. The predicted octanol–water partition coefficient (Wildman–Crippen LogP) is 2.66. The maximum Gasteiger partial charge on any atom is 0.330 e. The van der Waals surface area contributed by atoms with E-state index in [1.165, 1.54) is 24.8 Å². The molecule has 2 heterocycles. The lowest BCUT2D eigenvalue weighted by atomic mass is 10.1. The number of hydrogen-bond acceptors (Lipinski definition) is 10. The average molecular weight is 640 g/mol. The zero-order valence-corrected chi connectivity index (χ0v) is 27.5. The fraction of sp³-hybridized carbons (Fsp3) is 0.679. The highest BCUT2D eigenvalue weighted by Gasteiger charge is 2.49. The highest BCUT2D eigenvalue weighted by atomic mass is 32.2. The molecule has 1 aromatic heterocycles. The molecule has 0 saturated carbocycles. The normalized spacial score (nSPS) is 20.6. The lowest BCUT2D eigenvalue weighted by Gasteiger charge is -2.38. The molecule has 2 N–H and O–H groups in total. The lowest BCUT2D eigenvalue weighted by Crippen LogP contribution is -2.41. The van der Waals surface area contributed by atoms with Crippen LogP contribution in [-0.4, -0.2) is 88.2 Å². The number of nitrogens with one attached hydrogen (secondary N) is 2. The Hall–Kier alpha value is -2.55. The minimum atomic E-state index is -1.61. The summed E-state index contributed by atoms with van der Waals surface area (Å²) in [6.45, 7) is 19.0. The van der Waals surface area contributed by atoms with Gasteiger partial charge in [0.2, 0.25) is 12.5 Å². The van der Waals surface area contributed by atoms with Crippen molar-refractivity contribution in [3.63, 3.8) is 0 Å². The van der Waals surface area contributed by atoms with Gasteiger partial charge in [0.1, 0.15) is 24.4 Å². The third-order valence-electron chi connectivity index (χ3n) is 6.30. The van der Waals surface area contributed by atoms with Crippen molar-refractivity contribution in [3.05, 3.63) is 44.0 Å². The second-order valence-corrected chi connectivity index (χ2v) is 12.8. The van der Waals surface area contributed by atoms with Crippen molar-refractivity contribution < 1.29 is 28.1 Å². The van der Waals surface area contributed by atoms with Gasteiger partial charge in [-0.3, -0.25) is 23.9 Å². The first-order chi connectivity index (χ1) is 20.4. The SMILES string of the molecule is [C-]#[N+]CCOP(OC1[C@@H](CC)O[C@@H](n2cc(C#CCNC(=O)CCSC(C)=O)c(=O)[nH]c2=O)[C@H]1OC)N(C(C)C)C(C)C. The number of H-pyrrole nitrogens is 1. The highest BCUT2D eigenvalue weighted by molar-refractivity contribution is 8.13. The van der Waals surface area contributed by atoms with Crippen LogP contribution in [0.3, 0.4) is 0 Å². The number of nitrogens with zero attached hydrogens (tertiary/aromatic N) is 3. The molecule has 0 aromatic carbocycles. The van der Waals surface area contributed by atoms with E-state index in [4.69, 9.17) is 25.1 Å². The number of carbonyl (C=O) groups is 2. The van der Waals surface area contributed by atoms with Crippen molar-refractivity contribution in [2.45, 2.75) is 91.0 Å². The van der Waals surface area contributed by atoms with Crippen molar-refractivity contribution >= 4 is 31.3 Å². The van der Waals surface area contributed by atoms with Crippen LogP contribution in [0.4, 0.5) is 0 Å². The summed E-state index contributed by atoms with van der Waals surface area (Å²) in [7, 11) is -0.115. The molecule has 15 heteroatoms. The van der Waals surface area contributed by atoms with E-state index in [1.54, 1.807) is 0 Å². The number of thioether (sulfide) groups is 1. The highest BCUT2D eigenvalue weighted by Crippen LogP contribution is 2.50. The lowest BCUT2D eigenvalue weighted by molar-refractivity contribution is -0.120. The fourth-order valence-electron chi connectivity index (χ4n) is 4.45. The van der Waals surface area contributed by atoms with E-state index in [0.717, 1.165) is 11.8 Å². The Morgan fingerprint density at radius 1 is 1.28 bits per heavy atom. The van der Waals surface area contributed by atoms with Gasteiger partial charge in [-0.25, -0.2) is 16.0 Å². The molecule has 2 rings (SSSR count). The van der Waals surface area contributed by atoms with Gasteiger partial charge in [-0.05, 0) is 34.1 Å². The molecule has 13 nitrogen and oxygen atoms in total. The first-order valence-electron chi connectivity index (χ1n) is 14.1. The van der Waals surface area contributed by atoms with Crippen LogP contribution in [0.2, 0.25) is 0 Å². The van der Waals surface area contributed by atoms with Gasteiger partial charge in [0.25, 0.3) is 14.1 Å². The number of aromatic amines is 1. The maximum absolute atomic E-state index is 12.9. The van der Waals surface area contributed by atoms with Crippen LogP contribution in [0.15, 0.2) is 15.8 Å². The summed E-state index contributed by atoms with van der Waals surface area (Å²) < 4.78 is 28.1. The molecule has 238 valence electrons. The van der Waals surface area contributed by atoms with E-state index in [0.29, 0.717) is 12.2 Å². The second kappa shape index (κ2) is 18.3. The molecule has 2 unspecified atom stereocenters. The number of carbonyl (C=O) groups excluding carboxylic acids is 2. The third-order valence-corrected chi connectivity index (χ3v) is 9.24. The molecular weight excluding hydrogens is 597 g/mol. The van der Waals surface area contributed by atoms with Crippen LogP contribution in [0.1, 0.15) is 66.2 Å². The van der Waals surface area contributed by atoms with E-state index in [9.17, 15) is 19.2 Å². The molecule has 0 radical (unpaired) electrons. The van der Waals surface area contributed by atoms with Crippen LogP contribution in [0.5, 0.6) is 0 Å². The van der Waals surface area contributed by atoms with E-state index >= 15 is 0 Å². The van der Waals surface area contributed by atoms with Crippen molar-refractivity contribution in [2.24, 2.45) is 0 Å². The molecule has 1 fully saturated rings. The van der Waals surface area contributed by atoms with E-state index in [-0.39, 0.29) is 54.8 Å². The van der Waals surface area contributed by atoms with Crippen molar-refractivity contribution in [2.75, 3.05) is 32.6 Å². The summed E-state index contributed by atoms with van der Waals surface area (Å²) in [5.74, 6) is 5.52. The number of methoxy groups -OCH3 is 1. The maximum atomic E-state index is 12.9. The number of hydrogen-bond donors (Lipinski definition) is 2. The standard InChI is InChI=1S/C28H42N5O8PS/c1-9-22-24(41-42(39-15-14-29-7)33(18(2)3)19(4)5)25(38-8)27(40-22)32-17-21(26(36)31-28(32)37)11-10-13-30-23(35)12-16-43-20(6)34/h17-19,22,24-25,27H,9,12-16H2,1-6,8H3,(H,30,35)(H,31,36,37)/t22-,24?,25+,27-,42?/m1/s1. The molecule has 5 atom stereocenters. The molecule has 0 aliphatic carbocycles. The predicted molar refractivity (Wildman–Crippen MR) is 165 cm³/mol. The van der Waals surface area contributed by atoms with Crippen LogP contribution in [0.25, 0.3) is 4.85 Å².